The molecule has 5 nitrogen and oxygen atoms in total. The molecule has 0 radical (unpaired) electrons. The first-order chi connectivity index (χ1) is 10.2. The van der Waals surface area contributed by atoms with E-state index < -0.39 is 0 Å². The minimum Gasteiger partial charge on any atom is -0.339 e. The SMILES string of the molecule is CNC1CCN(c2n[nH]c(-c3cc(Cl)ccc3I)n2)CC1. The molecule has 3 rings (SSSR count). The molecule has 2 heterocycles. The molecular formula is C14H17ClIN5. The highest BCUT2D eigenvalue weighted by molar-refractivity contribution is 14.1. The first kappa shape index (κ1) is 15.1. The van der Waals surface area contributed by atoms with Crippen LogP contribution in [-0.2, 0) is 0 Å². The van der Waals surface area contributed by atoms with Crippen molar-refractivity contribution in [2.45, 2.75) is 18.9 Å². The zero-order valence-corrected chi connectivity index (χ0v) is 14.6. The van der Waals surface area contributed by atoms with E-state index in [9.17, 15) is 0 Å². The van der Waals surface area contributed by atoms with Crippen LogP contribution >= 0.6 is 34.2 Å². The fourth-order valence-electron chi connectivity index (χ4n) is 2.56. The van der Waals surface area contributed by atoms with E-state index in [-0.39, 0.29) is 0 Å². The van der Waals surface area contributed by atoms with Crippen molar-refractivity contribution in [2.75, 3.05) is 25.0 Å². The third-order valence-corrected chi connectivity index (χ3v) is 5.02. The maximum Gasteiger partial charge on any atom is 0.245 e. The van der Waals surface area contributed by atoms with Gasteiger partial charge in [0.25, 0.3) is 0 Å². The van der Waals surface area contributed by atoms with Crippen LogP contribution in [0, 0.1) is 3.57 Å². The predicted molar refractivity (Wildman–Crippen MR) is 93.8 cm³/mol. The molecule has 1 fully saturated rings. The molecule has 1 aromatic heterocycles. The summed E-state index contributed by atoms with van der Waals surface area (Å²) < 4.78 is 1.11. The van der Waals surface area contributed by atoms with Crippen molar-refractivity contribution in [1.82, 2.24) is 20.5 Å². The Kier molecular flexibility index (Phi) is 4.66. The first-order valence-electron chi connectivity index (χ1n) is 6.97. The van der Waals surface area contributed by atoms with Gasteiger partial charge in [-0.15, -0.1) is 5.10 Å². The lowest BCUT2D eigenvalue weighted by Crippen LogP contribution is -2.41. The molecule has 0 spiro atoms. The third-order valence-electron chi connectivity index (χ3n) is 3.84. The van der Waals surface area contributed by atoms with Gasteiger partial charge in [-0.1, -0.05) is 11.6 Å². The first-order valence-corrected chi connectivity index (χ1v) is 8.43. The average molecular weight is 418 g/mol. The smallest absolute Gasteiger partial charge is 0.245 e. The molecule has 1 aromatic carbocycles. The van der Waals surface area contributed by atoms with Gasteiger partial charge in [0.1, 0.15) is 0 Å². The van der Waals surface area contributed by atoms with Crippen molar-refractivity contribution in [3.8, 4) is 11.4 Å². The summed E-state index contributed by atoms with van der Waals surface area (Å²) in [7, 11) is 2.02. The third kappa shape index (κ3) is 3.32. The maximum absolute atomic E-state index is 6.07. The Morgan fingerprint density at radius 2 is 2.14 bits per heavy atom. The van der Waals surface area contributed by atoms with Crippen molar-refractivity contribution in [2.24, 2.45) is 0 Å². The number of aromatic amines is 1. The Hall–Kier alpha value is -0.860. The summed E-state index contributed by atoms with van der Waals surface area (Å²) in [5.74, 6) is 1.54. The number of rotatable bonds is 3. The minimum atomic E-state index is 0.605. The number of hydrogen-bond donors (Lipinski definition) is 2. The van der Waals surface area contributed by atoms with E-state index in [0.29, 0.717) is 11.1 Å². The minimum absolute atomic E-state index is 0.605. The van der Waals surface area contributed by atoms with E-state index in [0.717, 1.165) is 46.8 Å². The van der Waals surface area contributed by atoms with Gasteiger partial charge in [0.2, 0.25) is 5.95 Å². The second-order valence-electron chi connectivity index (χ2n) is 5.16. The summed E-state index contributed by atoms with van der Waals surface area (Å²) in [5, 5.41) is 11.4. The molecule has 0 atom stereocenters. The van der Waals surface area contributed by atoms with E-state index >= 15 is 0 Å². The highest BCUT2D eigenvalue weighted by Crippen LogP contribution is 2.27. The molecule has 0 aliphatic carbocycles. The predicted octanol–water partition coefficient (Wildman–Crippen LogP) is 2.92. The molecule has 1 saturated heterocycles. The van der Waals surface area contributed by atoms with Gasteiger partial charge in [0.05, 0.1) is 0 Å². The maximum atomic E-state index is 6.07. The summed E-state index contributed by atoms with van der Waals surface area (Å²) in [6.07, 6.45) is 2.24. The van der Waals surface area contributed by atoms with Crippen molar-refractivity contribution >= 4 is 40.1 Å². The highest BCUT2D eigenvalue weighted by Gasteiger charge is 2.21. The summed E-state index contributed by atoms with van der Waals surface area (Å²) >= 11 is 8.36. The van der Waals surface area contributed by atoms with Gasteiger partial charge in [-0.05, 0) is 60.7 Å². The van der Waals surface area contributed by atoms with Crippen LogP contribution in [0.3, 0.4) is 0 Å². The number of nitrogens with one attached hydrogen (secondary N) is 2. The molecule has 112 valence electrons. The summed E-state index contributed by atoms with van der Waals surface area (Å²) in [5.41, 5.74) is 0.993. The van der Waals surface area contributed by atoms with Crippen LogP contribution in [0.15, 0.2) is 18.2 Å². The molecule has 0 bridgehead atoms. The van der Waals surface area contributed by atoms with Crippen LogP contribution in [0.4, 0.5) is 5.95 Å². The van der Waals surface area contributed by atoms with Gasteiger partial charge in [0, 0.05) is 33.3 Å². The van der Waals surface area contributed by atoms with Crippen LogP contribution in [0.1, 0.15) is 12.8 Å². The van der Waals surface area contributed by atoms with Crippen LogP contribution in [0.2, 0.25) is 5.02 Å². The quantitative estimate of drug-likeness (QED) is 0.754. The van der Waals surface area contributed by atoms with Crippen LogP contribution in [-0.4, -0.2) is 41.4 Å². The molecule has 21 heavy (non-hydrogen) atoms. The molecule has 2 aromatic rings. The van der Waals surface area contributed by atoms with Crippen LogP contribution in [0.5, 0.6) is 0 Å². The van der Waals surface area contributed by atoms with Crippen molar-refractivity contribution < 1.29 is 0 Å². The summed E-state index contributed by atoms with van der Waals surface area (Å²) in [6.45, 7) is 1.96. The Morgan fingerprint density at radius 3 is 2.86 bits per heavy atom. The number of aromatic nitrogens is 3. The lowest BCUT2D eigenvalue weighted by molar-refractivity contribution is 0.439. The fourth-order valence-corrected chi connectivity index (χ4v) is 3.33. The molecule has 0 unspecified atom stereocenters. The molecule has 7 heteroatoms. The number of hydrogen-bond acceptors (Lipinski definition) is 4. The standard InChI is InChI=1S/C14H17ClIN5/c1-17-10-4-6-21(7-5-10)14-18-13(19-20-14)11-8-9(15)2-3-12(11)16/h2-3,8,10,17H,4-7H2,1H3,(H,18,19,20). The number of halogens is 2. The Morgan fingerprint density at radius 1 is 1.38 bits per heavy atom. The van der Waals surface area contributed by atoms with Gasteiger partial charge in [-0.25, -0.2) is 0 Å². The molecule has 1 aliphatic rings. The van der Waals surface area contributed by atoms with E-state index in [1.807, 2.05) is 25.2 Å². The molecule has 0 saturated carbocycles. The van der Waals surface area contributed by atoms with Crippen molar-refractivity contribution in [3.63, 3.8) is 0 Å². The second-order valence-corrected chi connectivity index (χ2v) is 6.76. The van der Waals surface area contributed by atoms with Crippen molar-refractivity contribution in [3.05, 3.63) is 26.8 Å². The Bertz CT molecular complexity index is 622. The van der Waals surface area contributed by atoms with Crippen molar-refractivity contribution in [1.29, 1.82) is 0 Å². The largest absolute Gasteiger partial charge is 0.339 e. The number of benzene rings is 1. The number of H-pyrrole nitrogens is 1. The van der Waals surface area contributed by atoms with Gasteiger partial charge in [-0.2, -0.15) is 4.98 Å². The van der Waals surface area contributed by atoms with Gasteiger partial charge >= 0.3 is 0 Å². The lowest BCUT2D eigenvalue weighted by Gasteiger charge is -2.30. The summed E-state index contributed by atoms with van der Waals surface area (Å²) in [4.78, 5) is 6.86. The normalized spacial score (nSPS) is 16.4. The zero-order chi connectivity index (χ0) is 14.8. The van der Waals surface area contributed by atoms with Crippen LogP contribution in [0.25, 0.3) is 11.4 Å². The van der Waals surface area contributed by atoms with E-state index in [4.69, 9.17) is 11.6 Å². The van der Waals surface area contributed by atoms with Crippen LogP contribution < -0.4 is 10.2 Å². The molecule has 1 aliphatic heterocycles. The zero-order valence-electron chi connectivity index (χ0n) is 11.7. The molecular weight excluding hydrogens is 401 g/mol. The van der Waals surface area contributed by atoms with E-state index in [1.54, 1.807) is 0 Å². The number of piperidine rings is 1. The number of anilines is 1. The lowest BCUT2D eigenvalue weighted by atomic mass is 10.1. The Labute approximate surface area is 142 Å². The number of nitrogens with zero attached hydrogens (tertiary/aromatic N) is 3. The monoisotopic (exact) mass is 417 g/mol. The van der Waals surface area contributed by atoms with Gasteiger partial charge in [-0.3, -0.25) is 5.10 Å². The van der Waals surface area contributed by atoms with Gasteiger partial charge in [0.15, 0.2) is 5.82 Å². The van der Waals surface area contributed by atoms with E-state index in [2.05, 4.69) is 48.0 Å². The highest BCUT2D eigenvalue weighted by atomic mass is 127. The second kappa shape index (κ2) is 6.50. The van der Waals surface area contributed by atoms with Gasteiger partial charge < -0.3 is 10.2 Å². The van der Waals surface area contributed by atoms with E-state index in [1.165, 1.54) is 0 Å². The molecule has 2 N–H and O–H groups in total. The average Bonchev–Trinajstić information content (AvgIpc) is 2.99. The topological polar surface area (TPSA) is 56.8 Å². The fraction of sp³-hybridized carbons (Fsp3) is 0.429. The Balaban J connectivity index is 1.79. The summed E-state index contributed by atoms with van der Waals surface area (Å²) in [6, 6.07) is 6.39. The molecule has 0 amide bonds.